The lowest BCUT2D eigenvalue weighted by Gasteiger charge is -2.33. The van der Waals surface area contributed by atoms with E-state index in [-0.39, 0.29) is 17.3 Å². The van der Waals surface area contributed by atoms with Crippen LogP contribution in [-0.2, 0) is 0 Å². The molecule has 0 aliphatic rings. The molecule has 0 saturated carbocycles. The van der Waals surface area contributed by atoms with E-state index < -0.39 is 0 Å². The second-order valence-corrected chi connectivity index (χ2v) is 4.62. The molecule has 1 rings (SSSR count). The molecule has 1 aromatic rings. The quantitative estimate of drug-likeness (QED) is 0.800. The predicted molar refractivity (Wildman–Crippen MR) is 62.3 cm³/mol. The Bertz CT molecular complexity index is 320. The zero-order chi connectivity index (χ0) is 11.5. The minimum Gasteiger partial charge on any atom is -0.313 e. The second kappa shape index (κ2) is 4.75. The first kappa shape index (κ1) is 12.2. The molecule has 0 aliphatic heterocycles. The third-order valence-electron chi connectivity index (χ3n) is 3.16. The third-order valence-corrected chi connectivity index (χ3v) is 3.16. The Labute approximate surface area is 91.7 Å². The average molecular weight is 209 g/mol. The number of nitrogens with one attached hydrogen (secondary N) is 1. The van der Waals surface area contributed by atoms with Crippen LogP contribution in [0.15, 0.2) is 24.3 Å². The number of hydrogen-bond donors (Lipinski definition) is 1. The molecule has 15 heavy (non-hydrogen) atoms. The van der Waals surface area contributed by atoms with E-state index in [1.807, 2.05) is 13.1 Å². The van der Waals surface area contributed by atoms with Gasteiger partial charge in [0.05, 0.1) is 0 Å². The van der Waals surface area contributed by atoms with Gasteiger partial charge in [0.2, 0.25) is 0 Å². The summed E-state index contributed by atoms with van der Waals surface area (Å²) >= 11 is 0. The lowest BCUT2D eigenvalue weighted by Crippen LogP contribution is -2.31. The Morgan fingerprint density at radius 2 is 2.07 bits per heavy atom. The predicted octanol–water partition coefficient (Wildman–Crippen LogP) is 3.52. The molecule has 0 spiro atoms. The van der Waals surface area contributed by atoms with Crippen LogP contribution in [-0.4, -0.2) is 7.05 Å². The van der Waals surface area contributed by atoms with Gasteiger partial charge >= 0.3 is 0 Å². The maximum absolute atomic E-state index is 13.1. The van der Waals surface area contributed by atoms with E-state index in [1.165, 1.54) is 6.07 Å². The maximum Gasteiger partial charge on any atom is 0.123 e. The molecule has 0 aliphatic carbocycles. The van der Waals surface area contributed by atoms with Gasteiger partial charge in [-0.05, 0) is 36.6 Å². The van der Waals surface area contributed by atoms with Crippen molar-refractivity contribution >= 4 is 0 Å². The molecule has 1 atom stereocenters. The zero-order valence-corrected chi connectivity index (χ0v) is 9.97. The first-order valence-corrected chi connectivity index (χ1v) is 5.44. The molecule has 0 saturated heterocycles. The molecule has 0 amide bonds. The molecule has 1 N–H and O–H groups in total. The summed E-state index contributed by atoms with van der Waals surface area (Å²) in [4.78, 5) is 0. The second-order valence-electron chi connectivity index (χ2n) is 4.62. The fraction of sp³-hybridized carbons (Fsp3) is 0.538. The van der Waals surface area contributed by atoms with Crippen molar-refractivity contribution < 1.29 is 4.39 Å². The molecule has 0 heterocycles. The third kappa shape index (κ3) is 2.78. The van der Waals surface area contributed by atoms with Gasteiger partial charge in [0, 0.05) is 6.04 Å². The van der Waals surface area contributed by atoms with Crippen molar-refractivity contribution in [2.75, 3.05) is 7.05 Å². The number of rotatable bonds is 4. The lowest BCUT2D eigenvalue weighted by atomic mass is 9.78. The van der Waals surface area contributed by atoms with Gasteiger partial charge in [0.1, 0.15) is 5.82 Å². The summed E-state index contributed by atoms with van der Waals surface area (Å²) in [6.07, 6.45) is 1.05. The van der Waals surface area contributed by atoms with Crippen LogP contribution in [0.2, 0.25) is 0 Å². The van der Waals surface area contributed by atoms with Gasteiger partial charge < -0.3 is 5.32 Å². The van der Waals surface area contributed by atoms with E-state index in [2.05, 4.69) is 26.1 Å². The number of hydrogen-bond acceptors (Lipinski definition) is 1. The summed E-state index contributed by atoms with van der Waals surface area (Å²) in [5.74, 6) is -0.167. The van der Waals surface area contributed by atoms with E-state index in [4.69, 9.17) is 0 Å². The Balaban J connectivity index is 3.02. The molecule has 0 fully saturated rings. The Kier molecular flexibility index (Phi) is 3.86. The molecule has 1 unspecified atom stereocenters. The largest absolute Gasteiger partial charge is 0.313 e. The summed E-state index contributed by atoms with van der Waals surface area (Å²) in [6, 6.07) is 7.02. The van der Waals surface area contributed by atoms with Crippen LogP contribution in [0.4, 0.5) is 4.39 Å². The highest BCUT2D eigenvalue weighted by atomic mass is 19.1. The molecule has 0 aromatic heterocycles. The first-order chi connectivity index (χ1) is 7.01. The minimum atomic E-state index is -0.167. The van der Waals surface area contributed by atoms with Crippen LogP contribution in [0.1, 0.15) is 38.8 Å². The monoisotopic (exact) mass is 209 g/mol. The maximum atomic E-state index is 13.1. The Morgan fingerprint density at radius 1 is 1.40 bits per heavy atom. The first-order valence-electron chi connectivity index (χ1n) is 5.44. The SMILES string of the molecule is CCC(C)(C)C(NC)c1cccc(F)c1. The topological polar surface area (TPSA) is 12.0 Å². The van der Waals surface area contributed by atoms with E-state index in [0.717, 1.165) is 12.0 Å². The van der Waals surface area contributed by atoms with Gasteiger partial charge in [-0.3, -0.25) is 0 Å². The zero-order valence-electron chi connectivity index (χ0n) is 9.97. The summed E-state index contributed by atoms with van der Waals surface area (Å²) in [6.45, 7) is 6.54. The van der Waals surface area contributed by atoms with Gasteiger partial charge in [0.15, 0.2) is 0 Å². The summed E-state index contributed by atoms with van der Waals surface area (Å²) in [7, 11) is 1.92. The Morgan fingerprint density at radius 3 is 2.53 bits per heavy atom. The van der Waals surface area contributed by atoms with Gasteiger partial charge in [-0.25, -0.2) is 4.39 Å². The molecule has 84 valence electrons. The molecule has 1 nitrogen and oxygen atoms in total. The molecule has 1 aromatic carbocycles. The van der Waals surface area contributed by atoms with Crippen molar-refractivity contribution in [3.05, 3.63) is 35.6 Å². The fourth-order valence-electron chi connectivity index (χ4n) is 1.90. The smallest absolute Gasteiger partial charge is 0.123 e. The highest BCUT2D eigenvalue weighted by molar-refractivity contribution is 5.22. The highest BCUT2D eigenvalue weighted by Crippen LogP contribution is 2.35. The molecular formula is C13H20FN. The van der Waals surface area contributed by atoms with Crippen LogP contribution in [0.25, 0.3) is 0 Å². The van der Waals surface area contributed by atoms with Gasteiger partial charge in [-0.15, -0.1) is 0 Å². The van der Waals surface area contributed by atoms with Crippen LogP contribution in [0.3, 0.4) is 0 Å². The van der Waals surface area contributed by atoms with Crippen molar-refractivity contribution in [3.8, 4) is 0 Å². The van der Waals surface area contributed by atoms with Crippen LogP contribution < -0.4 is 5.32 Å². The summed E-state index contributed by atoms with van der Waals surface area (Å²) in [5, 5.41) is 3.27. The van der Waals surface area contributed by atoms with Crippen LogP contribution in [0, 0.1) is 11.2 Å². The molecule has 0 bridgehead atoms. The van der Waals surface area contributed by atoms with Crippen molar-refractivity contribution in [1.29, 1.82) is 0 Å². The average Bonchev–Trinajstić information content (AvgIpc) is 2.18. The normalized spacial score (nSPS) is 13.9. The van der Waals surface area contributed by atoms with Crippen LogP contribution >= 0.6 is 0 Å². The molecule has 2 heteroatoms. The summed E-state index contributed by atoms with van der Waals surface area (Å²) in [5.41, 5.74) is 1.15. The minimum absolute atomic E-state index is 0.128. The Hall–Kier alpha value is -0.890. The van der Waals surface area contributed by atoms with Crippen LogP contribution in [0.5, 0.6) is 0 Å². The van der Waals surface area contributed by atoms with E-state index in [0.29, 0.717) is 0 Å². The van der Waals surface area contributed by atoms with Crippen molar-refractivity contribution in [2.24, 2.45) is 5.41 Å². The van der Waals surface area contributed by atoms with Gasteiger partial charge in [0.25, 0.3) is 0 Å². The molecular weight excluding hydrogens is 189 g/mol. The number of halogens is 1. The van der Waals surface area contributed by atoms with Crippen molar-refractivity contribution in [3.63, 3.8) is 0 Å². The van der Waals surface area contributed by atoms with Gasteiger partial charge in [-0.1, -0.05) is 32.9 Å². The van der Waals surface area contributed by atoms with Gasteiger partial charge in [-0.2, -0.15) is 0 Å². The standard InChI is InChI=1S/C13H20FN/c1-5-13(2,3)12(15-4)10-7-6-8-11(14)9-10/h6-9,12,15H,5H2,1-4H3. The highest BCUT2D eigenvalue weighted by Gasteiger charge is 2.27. The number of benzene rings is 1. The summed E-state index contributed by atoms with van der Waals surface area (Å²) < 4.78 is 13.1. The van der Waals surface area contributed by atoms with Crippen molar-refractivity contribution in [2.45, 2.75) is 33.2 Å². The van der Waals surface area contributed by atoms with E-state index in [9.17, 15) is 4.39 Å². The fourth-order valence-corrected chi connectivity index (χ4v) is 1.90. The van der Waals surface area contributed by atoms with Crippen molar-refractivity contribution in [1.82, 2.24) is 5.32 Å². The van der Waals surface area contributed by atoms with E-state index in [1.54, 1.807) is 12.1 Å². The van der Waals surface area contributed by atoms with E-state index >= 15 is 0 Å². The molecule has 0 radical (unpaired) electrons. The lowest BCUT2D eigenvalue weighted by molar-refractivity contribution is 0.245.